The van der Waals surface area contributed by atoms with E-state index in [2.05, 4.69) is 83.6 Å². The van der Waals surface area contributed by atoms with Gasteiger partial charge in [-0.25, -0.2) is 0 Å². The minimum atomic E-state index is -1.46. The number of methoxy groups -OCH3 is 2. The van der Waals surface area contributed by atoms with Gasteiger partial charge in [0.2, 0.25) is 23.6 Å². The highest BCUT2D eigenvalue weighted by molar-refractivity contribution is 5.81. The molecule has 3 aliphatic heterocycles. The first-order chi connectivity index (χ1) is 64.8. The van der Waals surface area contributed by atoms with Crippen LogP contribution in [-0.2, 0) is 120 Å². The van der Waals surface area contributed by atoms with Crippen molar-refractivity contribution in [2.24, 2.45) is 53.3 Å². The van der Waals surface area contributed by atoms with Crippen LogP contribution in [0.3, 0.4) is 0 Å². The van der Waals surface area contributed by atoms with Crippen molar-refractivity contribution in [3.63, 3.8) is 0 Å². The molecule has 3 aliphatic rings. The molecule has 3 saturated heterocycles. The van der Waals surface area contributed by atoms with E-state index in [1.54, 1.807) is 14.2 Å². The van der Waals surface area contributed by atoms with E-state index < -0.39 is 47.9 Å². The van der Waals surface area contributed by atoms with Gasteiger partial charge in [0, 0.05) is 155 Å². The highest BCUT2D eigenvalue weighted by atomic mass is 16.7. The van der Waals surface area contributed by atoms with Crippen molar-refractivity contribution in [2.75, 3.05) is 120 Å². The van der Waals surface area contributed by atoms with Crippen LogP contribution in [0.15, 0.2) is 78.9 Å². The second-order valence-electron chi connectivity index (χ2n) is 37.3. The number of Topliss-reactive ketones (excluding diaryl/α,β-unsaturated/α-hetero) is 4. The lowest BCUT2D eigenvalue weighted by Crippen LogP contribution is -2.58. The number of hydrogen-bond donors (Lipinski definition) is 5. The molecule has 7 unspecified atom stereocenters. The number of hydrogen-bond acceptors (Lipinski definition) is 27. The topological polar surface area (TPSA) is 395 Å². The smallest absolute Gasteiger partial charge is 0.302 e. The molecule has 31 heteroatoms. The van der Waals surface area contributed by atoms with E-state index in [4.69, 9.17) is 71.1 Å². The molecule has 5 N–H and O–H groups in total. The highest BCUT2D eigenvalue weighted by Gasteiger charge is 2.44. The Morgan fingerprint density at radius 3 is 1.07 bits per heavy atom. The molecule has 3 fully saturated rings. The molecule has 3 aromatic rings. The van der Waals surface area contributed by atoms with E-state index in [0.29, 0.717) is 147 Å². The van der Waals surface area contributed by atoms with Gasteiger partial charge < -0.3 is 97.4 Å². The number of benzene rings is 3. The second kappa shape index (κ2) is 64.1. The van der Waals surface area contributed by atoms with E-state index in [9.17, 15) is 57.8 Å². The summed E-state index contributed by atoms with van der Waals surface area (Å²) in [6.45, 7) is 24.5. The number of aliphatic hydroxyl groups excluding tert-OH is 1. The first-order valence-corrected chi connectivity index (χ1v) is 49.6. The van der Waals surface area contributed by atoms with Gasteiger partial charge >= 0.3 is 17.9 Å². The minimum absolute atomic E-state index is 0.0367. The fraction of sp³-hybridized carbons (Fsp3) is 0.721. The zero-order chi connectivity index (χ0) is 98.5. The van der Waals surface area contributed by atoms with Crippen molar-refractivity contribution in [1.29, 1.82) is 0 Å². The van der Waals surface area contributed by atoms with E-state index in [0.717, 1.165) is 16.7 Å². The molecule has 135 heavy (non-hydrogen) atoms. The van der Waals surface area contributed by atoms with Gasteiger partial charge in [-0.05, 0) is 160 Å². The summed E-state index contributed by atoms with van der Waals surface area (Å²) in [4.78, 5) is 141. The number of aliphatic hydroxyl groups is 1. The lowest BCUT2D eigenvalue weighted by molar-refractivity contribution is -0.255. The maximum atomic E-state index is 14.4. The number of ether oxygens (including phenoxy) is 15. The molecule has 4 amide bonds. The van der Waals surface area contributed by atoms with Crippen LogP contribution in [0.5, 0.6) is 11.5 Å². The number of esters is 3. The third-order valence-electron chi connectivity index (χ3n) is 26.8. The molecular weight excluding hydrogens is 1740 g/mol. The lowest BCUT2D eigenvalue weighted by Gasteiger charge is -2.43. The first kappa shape index (κ1) is 116. The van der Waals surface area contributed by atoms with E-state index in [1.807, 2.05) is 78.9 Å². The van der Waals surface area contributed by atoms with Crippen LogP contribution in [0.1, 0.15) is 273 Å². The monoisotopic (exact) mass is 1900 g/mol. The molecule has 31 nitrogen and oxygen atoms in total. The largest absolute Gasteiger partial charge is 0.497 e. The maximum Gasteiger partial charge on any atom is 0.302 e. The van der Waals surface area contributed by atoms with Crippen molar-refractivity contribution in [3.05, 3.63) is 95.6 Å². The Kier molecular flexibility index (Phi) is 54.9. The Labute approximate surface area is 801 Å². The molecule has 760 valence electrons. The summed E-state index contributed by atoms with van der Waals surface area (Å²) in [5, 5.41) is 23.1. The molecule has 0 saturated carbocycles. The van der Waals surface area contributed by atoms with Gasteiger partial charge in [-0.15, -0.1) is 0 Å². The predicted molar refractivity (Wildman–Crippen MR) is 508 cm³/mol. The average Bonchev–Trinajstić information content (AvgIpc) is 0.751. The van der Waals surface area contributed by atoms with Gasteiger partial charge in [-0.3, -0.25) is 52.7 Å². The quantitative estimate of drug-likeness (QED) is 0.0152. The van der Waals surface area contributed by atoms with Gasteiger partial charge in [-0.1, -0.05) is 130 Å². The molecule has 0 radical (unpaired) electrons. The van der Waals surface area contributed by atoms with Crippen molar-refractivity contribution in [1.82, 2.24) is 21.3 Å². The maximum absolute atomic E-state index is 14.4. The van der Waals surface area contributed by atoms with Gasteiger partial charge in [0.05, 0.1) is 84.9 Å². The fourth-order valence-electron chi connectivity index (χ4n) is 17.1. The molecule has 3 heterocycles. The number of carbonyl (C=O) groups is 11. The van der Waals surface area contributed by atoms with E-state index >= 15 is 0 Å². The van der Waals surface area contributed by atoms with Crippen molar-refractivity contribution in [2.45, 2.75) is 311 Å². The van der Waals surface area contributed by atoms with Crippen molar-refractivity contribution >= 4 is 64.7 Å². The molecule has 0 spiro atoms. The van der Waals surface area contributed by atoms with Crippen LogP contribution >= 0.6 is 0 Å². The molecule has 0 aromatic heterocycles. The molecule has 16 atom stereocenters. The normalized spacial score (nSPS) is 22.4. The third-order valence-corrected chi connectivity index (χ3v) is 26.8. The predicted octanol–water partition coefficient (Wildman–Crippen LogP) is 14.1. The van der Waals surface area contributed by atoms with E-state index in [1.165, 1.54) is 20.8 Å². The van der Waals surface area contributed by atoms with Crippen LogP contribution in [0.2, 0.25) is 0 Å². The number of nitrogens with one attached hydrogen (secondary N) is 4. The summed E-state index contributed by atoms with van der Waals surface area (Å²) in [6.07, 6.45) is 7.26. The average molecular weight is 1900 g/mol. The zero-order valence-corrected chi connectivity index (χ0v) is 83.2. The van der Waals surface area contributed by atoms with E-state index in [-0.39, 0.29) is 268 Å². The lowest BCUT2D eigenvalue weighted by atomic mass is 9.79. The van der Waals surface area contributed by atoms with Crippen LogP contribution in [0.4, 0.5) is 0 Å². The second-order valence-corrected chi connectivity index (χ2v) is 37.3. The zero-order valence-electron chi connectivity index (χ0n) is 83.2. The van der Waals surface area contributed by atoms with Gasteiger partial charge in [0.25, 0.3) is 0 Å². The standard InChI is InChI=1S/C104H162N4O27/c1-71-74(4)93(65-129-80(10)109)133-100(77(71)7)126-57-27-24-38-86(112)34-20-16-22-36-88(114)51-60-123-68-103(69-124-61-52-89(115)37-23-17-21-35-87(113)39-25-28-58-127-101-78(8)72(2)75(5)94(134-101)66-130-81(11)110,70-125-62-54-98(119)106-56-31-55-105-96(117)40-26-29-59-128-102-79(9)73(3)76(6)95(135-102)67-131-82(12)111)108-99(120)42-30-41-97(118)107-64-90(116)53-63-132-104(83-32-18-15-19-33-83,84-43-47-91(121-13)48-44-84)85-45-49-92(122-14)50-46-85/h15,18-19,32-33,43-50,71-79,90,93-95,100-102,116H,16-17,20-31,34-42,51-70H2,1-14H3,(H,105,117)(H,106,119)(H,107,118)(H,108,120)/t71-,72-,73-,74+,75+,76+,77?,78?,79?,90?,93?,94?,95?,100+,101+,102+,103?/m0/s1. The van der Waals surface area contributed by atoms with Gasteiger partial charge in [-0.2, -0.15) is 0 Å². The summed E-state index contributed by atoms with van der Waals surface area (Å²) in [5.74, 6) is 0.789. The highest BCUT2D eigenvalue weighted by Crippen LogP contribution is 2.43. The number of ketones is 4. The van der Waals surface area contributed by atoms with Crippen LogP contribution in [0, 0.1) is 53.3 Å². The number of rotatable bonds is 71. The SMILES string of the molecule is COc1ccc(C(OCCC(O)CNC(=O)CCCC(=O)NC(COCCC(=O)CCCCCC(=O)CCCCO[C@@H]2OC(COC(C)=O)[C@H](C)[C@H](C)C2C)(COCCC(=O)CCCCCC(=O)CCCCO[C@@H]2OC(COC(C)=O)[C@H](C)[C@H](C)C2C)COCCC(=O)NCCCNC(=O)CCCCO[C@@H]2OC(COC(C)=O)[C@H](C)[C@H](C)C2C)(c2ccccc2)c2ccc(OC)cc2)cc1. The number of carbonyl (C=O) groups excluding carboxylic acids is 11. The Balaban J connectivity index is 1.03. The van der Waals surface area contributed by atoms with Crippen LogP contribution in [-0.4, -0.2) is 238 Å². The summed E-state index contributed by atoms with van der Waals surface area (Å²) in [7, 11) is 3.19. The Morgan fingerprint density at radius 1 is 0.348 bits per heavy atom. The van der Waals surface area contributed by atoms with Crippen LogP contribution < -0.4 is 30.7 Å². The number of unbranched alkanes of at least 4 members (excludes halogenated alkanes) is 7. The van der Waals surface area contributed by atoms with Crippen LogP contribution in [0.25, 0.3) is 0 Å². The minimum Gasteiger partial charge on any atom is -0.497 e. The van der Waals surface area contributed by atoms with Gasteiger partial charge in [0.15, 0.2) is 18.9 Å². The molecule has 6 rings (SSSR count). The Morgan fingerprint density at radius 2 is 0.681 bits per heavy atom. The molecular formula is C104H162N4O27. The number of amides is 4. The van der Waals surface area contributed by atoms with Crippen molar-refractivity contribution < 1.29 is 129 Å². The Bertz CT molecular complexity index is 3670. The first-order valence-electron chi connectivity index (χ1n) is 49.6. The molecule has 3 aromatic carbocycles. The summed E-state index contributed by atoms with van der Waals surface area (Å²) in [6, 6.07) is 24.9. The van der Waals surface area contributed by atoms with Crippen molar-refractivity contribution in [3.8, 4) is 11.5 Å². The fourth-order valence-corrected chi connectivity index (χ4v) is 17.1. The summed E-state index contributed by atoms with van der Waals surface area (Å²) < 4.78 is 89.5. The summed E-state index contributed by atoms with van der Waals surface area (Å²) in [5.41, 5.74) is -0.127. The summed E-state index contributed by atoms with van der Waals surface area (Å²) >= 11 is 0. The third kappa shape index (κ3) is 43.0. The molecule has 0 bridgehead atoms. The molecule has 0 aliphatic carbocycles. The van der Waals surface area contributed by atoms with Gasteiger partial charge in [0.1, 0.15) is 65.6 Å². The Hall–Kier alpha value is -8.21.